The number of hydrogen-bond donors (Lipinski definition) is 1. The van der Waals surface area contributed by atoms with Crippen LogP contribution in [0, 0.1) is 0 Å². The lowest BCUT2D eigenvalue weighted by atomic mass is 10.2. The molecule has 0 aliphatic rings. The van der Waals surface area contributed by atoms with Gasteiger partial charge in [0.05, 0.1) is 24.8 Å². The van der Waals surface area contributed by atoms with E-state index in [4.69, 9.17) is 0 Å². The van der Waals surface area contributed by atoms with Gasteiger partial charge in [0.15, 0.2) is 0 Å². The minimum Gasteiger partial charge on any atom is -0.465 e. The average Bonchev–Trinajstić information content (AvgIpc) is 3.10. The summed E-state index contributed by atoms with van der Waals surface area (Å²) in [5, 5.41) is 5.54. The molecule has 126 valence electrons. The molecule has 0 saturated heterocycles. The maximum Gasteiger partial charge on any atom is 0.337 e. The zero-order chi connectivity index (χ0) is 17.6. The Morgan fingerprint density at radius 2 is 1.92 bits per heavy atom. The number of nitrogens with one attached hydrogen (secondary N) is 1. The highest BCUT2D eigenvalue weighted by atomic mass is 32.1. The molecular weight excluding hydrogens is 336 g/mol. The highest BCUT2D eigenvalue weighted by molar-refractivity contribution is 7.13. The number of carbonyl (C=O) groups is 2. The van der Waals surface area contributed by atoms with E-state index in [0.29, 0.717) is 16.9 Å². The fourth-order valence-corrected chi connectivity index (χ4v) is 3.14. The number of benzene rings is 2. The average molecular weight is 352 g/mol. The first-order valence-corrected chi connectivity index (χ1v) is 8.52. The minimum atomic E-state index is -0.442. The number of ether oxygens (including phenoxy) is 1. The van der Waals surface area contributed by atoms with Crippen molar-refractivity contribution < 1.29 is 14.3 Å². The third kappa shape index (κ3) is 4.30. The van der Waals surface area contributed by atoms with E-state index in [1.54, 1.807) is 24.3 Å². The number of carbonyl (C=O) groups excluding carboxylic acids is 2. The van der Waals surface area contributed by atoms with E-state index in [-0.39, 0.29) is 12.3 Å². The van der Waals surface area contributed by atoms with Crippen LogP contribution in [0.15, 0.2) is 60.0 Å². The third-order valence-electron chi connectivity index (χ3n) is 3.48. The van der Waals surface area contributed by atoms with Gasteiger partial charge in [0.1, 0.15) is 5.01 Å². The molecule has 2 aromatic carbocycles. The molecule has 1 amide bonds. The smallest absolute Gasteiger partial charge is 0.337 e. The number of rotatable bonds is 5. The van der Waals surface area contributed by atoms with Crippen LogP contribution in [0.4, 0.5) is 5.69 Å². The maximum absolute atomic E-state index is 12.2. The number of nitrogens with zero attached hydrogens (tertiary/aromatic N) is 1. The summed E-state index contributed by atoms with van der Waals surface area (Å²) in [6.07, 6.45) is 0.172. The number of hydrogen-bond acceptors (Lipinski definition) is 5. The van der Waals surface area contributed by atoms with E-state index in [2.05, 4.69) is 15.0 Å². The Balaban J connectivity index is 1.65. The van der Waals surface area contributed by atoms with Crippen molar-refractivity contribution in [3.8, 4) is 10.6 Å². The molecule has 3 rings (SSSR count). The van der Waals surface area contributed by atoms with Crippen LogP contribution in [0.25, 0.3) is 10.6 Å². The molecular formula is C19H16N2O3S. The van der Waals surface area contributed by atoms with Crippen molar-refractivity contribution in [2.75, 3.05) is 12.4 Å². The van der Waals surface area contributed by atoms with Crippen LogP contribution in [0.1, 0.15) is 16.1 Å². The molecule has 0 spiro atoms. The van der Waals surface area contributed by atoms with Crippen molar-refractivity contribution in [2.45, 2.75) is 6.42 Å². The monoisotopic (exact) mass is 352 g/mol. The molecule has 0 aliphatic carbocycles. The fraction of sp³-hybridized carbons (Fsp3) is 0.105. The van der Waals surface area contributed by atoms with E-state index in [1.165, 1.54) is 18.4 Å². The van der Waals surface area contributed by atoms with Crippen LogP contribution in [0.5, 0.6) is 0 Å². The molecule has 0 aliphatic heterocycles. The third-order valence-corrected chi connectivity index (χ3v) is 4.42. The van der Waals surface area contributed by atoms with Gasteiger partial charge in [0.2, 0.25) is 5.91 Å². The number of thiazole rings is 1. The summed E-state index contributed by atoms with van der Waals surface area (Å²) in [5.74, 6) is -0.630. The first kappa shape index (κ1) is 16.9. The molecule has 0 bridgehead atoms. The Kier molecular flexibility index (Phi) is 5.20. The molecule has 0 unspecified atom stereocenters. The quantitative estimate of drug-likeness (QED) is 0.710. The van der Waals surface area contributed by atoms with E-state index < -0.39 is 5.97 Å². The van der Waals surface area contributed by atoms with Gasteiger partial charge < -0.3 is 10.1 Å². The Bertz CT molecular complexity index is 890. The molecule has 0 fully saturated rings. The van der Waals surface area contributed by atoms with Crippen molar-refractivity contribution in [2.24, 2.45) is 0 Å². The molecule has 1 heterocycles. The normalized spacial score (nSPS) is 10.3. The second-order valence-electron chi connectivity index (χ2n) is 5.31. The van der Waals surface area contributed by atoms with E-state index >= 15 is 0 Å². The maximum atomic E-state index is 12.2. The zero-order valence-corrected chi connectivity index (χ0v) is 14.4. The molecule has 6 heteroatoms. The molecule has 3 aromatic rings. The fourth-order valence-electron chi connectivity index (χ4n) is 2.31. The van der Waals surface area contributed by atoms with Gasteiger partial charge in [-0.1, -0.05) is 36.4 Å². The van der Waals surface area contributed by atoms with Crippen LogP contribution in [0.3, 0.4) is 0 Å². The topological polar surface area (TPSA) is 68.3 Å². The van der Waals surface area contributed by atoms with Gasteiger partial charge in [-0.15, -0.1) is 11.3 Å². The summed E-state index contributed by atoms with van der Waals surface area (Å²) in [5.41, 5.74) is 2.68. The van der Waals surface area contributed by atoms with Crippen LogP contribution in [-0.2, 0) is 16.0 Å². The summed E-state index contributed by atoms with van der Waals surface area (Å²) in [6, 6.07) is 16.5. The number of methoxy groups -OCH3 is 1. The second kappa shape index (κ2) is 7.72. The SMILES string of the molecule is COC(=O)c1cccc(NC(=O)Cc2csc(-c3ccccc3)n2)c1. The van der Waals surface area contributed by atoms with Gasteiger partial charge in [-0.3, -0.25) is 4.79 Å². The van der Waals surface area contributed by atoms with Crippen molar-refractivity contribution in [1.82, 2.24) is 4.98 Å². The molecule has 0 saturated carbocycles. The van der Waals surface area contributed by atoms with Crippen LogP contribution in [-0.4, -0.2) is 24.0 Å². The molecule has 1 N–H and O–H groups in total. The molecule has 25 heavy (non-hydrogen) atoms. The lowest BCUT2D eigenvalue weighted by Crippen LogP contribution is -2.15. The number of aromatic nitrogens is 1. The van der Waals surface area contributed by atoms with Crippen LogP contribution in [0.2, 0.25) is 0 Å². The van der Waals surface area contributed by atoms with Gasteiger partial charge in [0, 0.05) is 16.6 Å². The Morgan fingerprint density at radius 1 is 1.12 bits per heavy atom. The summed E-state index contributed by atoms with van der Waals surface area (Å²) < 4.78 is 4.68. The number of esters is 1. The Hall–Kier alpha value is -2.99. The van der Waals surface area contributed by atoms with Gasteiger partial charge in [-0.25, -0.2) is 9.78 Å². The molecule has 1 aromatic heterocycles. The molecule has 5 nitrogen and oxygen atoms in total. The first-order chi connectivity index (χ1) is 12.2. The van der Waals surface area contributed by atoms with Gasteiger partial charge >= 0.3 is 5.97 Å². The molecule has 0 radical (unpaired) electrons. The van der Waals surface area contributed by atoms with Gasteiger partial charge in [0.25, 0.3) is 0 Å². The van der Waals surface area contributed by atoms with E-state index in [9.17, 15) is 9.59 Å². The minimum absolute atomic E-state index is 0.172. The summed E-state index contributed by atoms with van der Waals surface area (Å²) in [6.45, 7) is 0. The Labute approximate surface area is 149 Å². The van der Waals surface area contributed by atoms with Crippen LogP contribution < -0.4 is 5.32 Å². The molecule has 0 atom stereocenters. The summed E-state index contributed by atoms with van der Waals surface area (Å²) >= 11 is 1.51. The van der Waals surface area contributed by atoms with E-state index in [1.807, 2.05) is 35.7 Å². The van der Waals surface area contributed by atoms with Crippen molar-refractivity contribution in [3.05, 3.63) is 71.2 Å². The van der Waals surface area contributed by atoms with Crippen LogP contribution >= 0.6 is 11.3 Å². The first-order valence-electron chi connectivity index (χ1n) is 7.64. The number of anilines is 1. The van der Waals surface area contributed by atoms with Gasteiger partial charge in [-0.2, -0.15) is 0 Å². The van der Waals surface area contributed by atoms with E-state index in [0.717, 1.165) is 10.6 Å². The predicted octanol–water partition coefficient (Wildman–Crippen LogP) is 3.78. The van der Waals surface area contributed by atoms with Crippen molar-refractivity contribution in [1.29, 1.82) is 0 Å². The highest BCUT2D eigenvalue weighted by Crippen LogP contribution is 2.23. The number of amides is 1. The van der Waals surface area contributed by atoms with Crippen molar-refractivity contribution in [3.63, 3.8) is 0 Å². The van der Waals surface area contributed by atoms with Crippen molar-refractivity contribution >= 4 is 28.9 Å². The lowest BCUT2D eigenvalue weighted by molar-refractivity contribution is -0.115. The summed E-state index contributed by atoms with van der Waals surface area (Å²) in [7, 11) is 1.32. The lowest BCUT2D eigenvalue weighted by Gasteiger charge is -2.06. The zero-order valence-electron chi connectivity index (χ0n) is 13.6. The summed E-state index contributed by atoms with van der Waals surface area (Å²) in [4.78, 5) is 28.3. The standard InChI is InChI=1S/C19H16N2O3S/c1-24-19(23)14-8-5-9-15(10-14)20-17(22)11-16-12-25-18(21-16)13-6-3-2-4-7-13/h2-10,12H,11H2,1H3,(H,20,22). The largest absolute Gasteiger partial charge is 0.465 e. The van der Waals surface area contributed by atoms with Gasteiger partial charge in [-0.05, 0) is 18.2 Å². The highest BCUT2D eigenvalue weighted by Gasteiger charge is 2.11. The second-order valence-corrected chi connectivity index (χ2v) is 6.17. The predicted molar refractivity (Wildman–Crippen MR) is 97.7 cm³/mol. The Morgan fingerprint density at radius 3 is 2.68 bits per heavy atom.